The van der Waals surface area contributed by atoms with Crippen LogP contribution in [0.2, 0.25) is 0 Å². The third-order valence-electron chi connectivity index (χ3n) is 2.79. The Morgan fingerprint density at radius 3 is 3.13 bits per heavy atom. The van der Waals surface area contributed by atoms with E-state index in [1.807, 2.05) is 18.2 Å². The smallest absolute Gasteiger partial charge is 0.119 e. The van der Waals surface area contributed by atoms with Crippen LogP contribution < -0.4 is 10.5 Å². The molecule has 1 aromatic rings. The van der Waals surface area contributed by atoms with Gasteiger partial charge in [0.15, 0.2) is 0 Å². The van der Waals surface area contributed by atoms with Gasteiger partial charge in [-0.25, -0.2) is 0 Å². The molecule has 0 saturated heterocycles. The van der Waals surface area contributed by atoms with E-state index in [1.54, 1.807) is 0 Å². The fraction of sp³-hybridized carbons (Fsp3) is 0.500. The summed E-state index contributed by atoms with van der Waals surface area (Å²) in [5.41, 5.74) is 8.44. The first kappa shape index (κ1) is 10.4. The molecular formula is C12H16FNO. The molecule has 15 heavy (non-hydrogen) atoms. The van der Waals surface area contributed by atoms with Crippen molar-refractivity contribution in [3.63, 3.8) is 0 Å². The van der Waals surface area contributed by atoms with Crippen LogP contribution >= 0.6 is 0 Å². The third kappa shape index (κ3) is 2.29. The lowest BCUT2D eigenvalue weighted by molar-refractivity contribution is 0.289. The predicted octanol–water partition coefficient (Wildman–Crippen LogP) is 2.37. The van der Waals surface area contributed by atoms with Crippen LogP contribution in [0, 0.1) is 0 Å². The number of fused-ring (bicyclic) bond motifs is 1. The minimum Gasteiger partial charge on any atom is -0.493 e. The van der Waals surface area contributed by atoms with E-state index in [1.165, 1.54) is 11.1 Å². The third-order valence-corrected chi connectivity index (χ3v) is 2.79. The normalized spacial score (nSPS) is 18.9. The number of benzene rings is 1. The number of alkyl halides is 1. The van der Waals surface area contributed by atoms with Gasteiger partial charge in [-0.1, -0.05) is 6.07 Å². The zero-order valence-corrected chi connectivity index (χ0v) is 8.71. The highest BCUT2D eigenvalue weighted by molar-refractivity contribution is 5.40. The standard InChI is InChI=1S/C12H16FNO/c13-6-1-7-15-10-3-4-11-9(8-10)2-5-12(11)14/h3-4,8,12H,1-2,5-7,14H2. The highest BCUT2D eigenvalue weighted by atomic mass is 19.1. The second-order valence-electron chi connectivity index (χ2n) is 3.90. The molecule has 2 rings (SSSR count). The molecule has 0 radical (unpaired) electrons. The number of halogens is 1. The van der Waals surface area contributed by atoms with Crippen molar-refractivity contribution in [1.82, 2.24) is 0 Å². The van der Waals surface area contributed by atoms with Gasteiger partial charge in [0.2, 0.25) is 0 Å². The van der Waals surface area contributed by atoms with Crippen LogP contribution in [0.25, 0.3) is 0 Å². The topological polar surface area (TPSA) is 35.2 Å². The van der Waals surface area contributed by atoms with Gasteiger partial charge in [-0.3, -0.25) is 4.39 Å². The van der Waals surface area contributed by atoms with Crippen molar-refractivity contribution >= 4 is 0 Å². The maximum atomic E-state index is 11.9. The number of nitrogens with two attached hydrogens (primary N) is 1. The molecular weight excluding hydrogens is 193 g/mol. The highest BCUT2D eigenvalue weighted by Gasteiger charge is 2.18. The van der Waals surface area contributed by atoms with E-state index in [4.69, 9.17) is 10.5 Å². The summed E-state index contributed by atoms with van der Waals surface area (Å²) in [7, 11) is 0. The number of hydrogen-bond acceptors (Lipinski definition) is 2. The van der Waals surface area contributed by atoms with E-state index in [0.717, 1.165) is 18.6 Å². The van der Waals surface area contributed by atoms with Gasteiger partial charge in [-0.05, 0) is 36.1 Å². The minimum atomic E-state index is -0.324. The van der Waals surface area contributed by atoms with Crippen LogP contribution in [0.15, 0.2) is 18.2 Å². The first-order chi connectivity index (χ1) is 7.31. The average molecular weight is 209 g/mol. The van der Waals surface area contributed by atoms with E-state index in [2.05, 4.69) is 0 Å². The van der Waals surface area contributed by atoms with Gasteiger partial charge in [0.25, 0.3) is 0 Å². The molecule has 1 aromatic carbocycles. The number of hydrogen-bond donors (Lipinski definition) is 1. The molecule has 0 aromatic heterocycles. The Hall–Kier alpha value is -1.09. The van der Waals surface area contributed by atoms with Crippen LogP contribution in [0.5, 0.6) is 5.75 Å². The molecule has 0 bridgehead atoms. The zero-order chi connectivity index (χ0) is 10.7. The first-order valence-electron chi connectivity index (χ1n) is 5.38. The molecule has 0 heterocycles. The van der Waals surface area contributed by atoms with Crippen molar-refractivity contribution in [2.75, 3.05) is 13.3 Å². The SMILES string of the molecule is NC1CCc2cc(OCCCF)ccc21. The van der Waals surface area contributed by atoms with E-state index >= 15 is 0 Å². The van der Waals surface area contributed by atoms with Crippen molar-refractivity contribution in [2.45, 2.75) is 25.3 Å². The summed E-state index contributed by atoms with van der Waals surface area (Å²) in [6.45, 7) is 0.122. The summed E-state index contributed by atoms with van der Waals surface area (Å²) >= 11 is 0. The maximum Gasteiger partial charge on any atom is 0.119 e. The molecule has 1 aliphatic rings. The van der Waals surface area contributed by atoms with Crippen molar-refractivity contribution in [3.8, 4) is 5.75 Å². The summed E-state index contributed by atoms with van der Waals surface area (Å²) in [5, 5.41) is 0. The Kier molecular flexibility index (Phi) is 3.21. The second kappa shape index (κ2) is 4.62. The lowest BCUT2D eigenvalue weighted by Gasteiger charge is -2.08. The van der Waals surface area contributed by atoms with Gasteiger partial charge in [0.05, 0.1) is 13.3 Å². The van der Waals surface area contributed by atoms with Crippen LogP contribution in [-0.4, -0.2) is 13.3 Å². The van der Waals surface area contributed by atoms with Gasteiger partial charge in [-0.15, -0.1) is 0 Å². The molecule has 82 valence electrons. The summed E-state index contributed by atoms with van der Waals surface area (Å²) in [6.07, 6.45) is 2.50. The van der Waals surface area contributed by atoms with Gasteiger partial charge in [0, 0.05) is 12.5 Å². The number of aryl methyl sites for hydroxylation is 1. The van der Waals surface area contributed by atoms with Crippen LogP contribution in [-0.2, 0) is 6.42 Å². The van der Waals surface area contributed by atoms with Crippen LogP contribution in [0.3, 0.4) is 0 Å². The maximum absolute atomic E-state index is 11.9. The van der Waals surface area contributed by atoms with Crippen molar-refractivity contribution in [3.05, 3.63) is 29.3 Å². The molecule has 0 saturated carbocycles. The molecule has 2 nitrogen and oxygen atoms in total. The zero-order valence-electron chi connectivity index (χ0n) is 8.71. The molecule has 1 atom stereocenters. The number of rotatable bonds is 4. The van der Waals surface area contributed by atoms with Gasteiger partial charge in [0.1, 0.15) is 5.75 Å². The Balaban J connectivity index is 2.03. The van der Waals surface area contributed by atoms with Crippen molar-refractivity contribution in [1.29, 1.82) is 0 Å². The lowest BCUT2D eigenvalue weighted by atomic mass is 10.1. The fourth-order valence-corrected chi connectivity index (χ4v) is 1.96. The molecule has 1 unspecified atom stereocenters. The minimum absolute atomic E-state index is 0.180. The quantitative estimate of drug-likeness (QED) is 0.773. The highest BCUT2D eigenvalue weighted by Crippen LogP contribution is 2.31. The van der Waals surface area contributed by atoms with Crippen LogP contribution in [0.4, 0.5) is 4.39 Å². The van der Waals surface area contributed by atoms with E-state index < -0.39 is 0 Å². The summed E-state index contributed by atoms with van der Waals surface area (Å²) in [4.78, 5) is 0. The molecule has 0 fully saturated rings. The van der Waals surface area contributed by atoms with Crippen LogP contribution in [0.1, 0.15) is 30.0 Å². The summed E-state index contributed by atoms with van der Waals surface area (Å²) < 4.78 is 17.3. The lowest BCUT2D eigenvalue weighted by Crippen LogP contribution is -2.05. The summed E-state index contributed by atoms with van der Waals surface area (Å²) in [6, 6.07) is 6.15. The van der Waals surface area contributed by atoms with Crippen molar-refractivity contribution < 1.29 is 9.13 Å². The Morgan fingerprint density at radius 2 is 2.33 bits per heavy atom. The number of ether oxygens (including phenoxy) is 1. The molecule has 0 spiro atoms. The first-order valence-corrected chi connectivity index (χ1v) is 5.38. The second-order valence-corrected chi connectivity index (χ2v) is 3.90. The molecule has 3 heteroatoms. The van der Waals surface area contributed by atoms with E-state index in [-0.39, 0.29) is 12.7 Å². The predicted molar refractivity (Wildman–Crippen MR) is 57.8 cm³/mol. The van der Waals surface area contributed by atoms with Gasteiger partial charge in [-0.2, -0.15) is 0 Å². The van der Waals surface area contributed by atoms with E-state index in [0.29, 0.717) is 13.0 Å². The van der Waals surface area contributed by atoms with Crippen molar-refractivity contribution in [2.24, 2.45) is 5.73 Å². The summed E-state index contributed by atoms with van der Waals surface area (Å²) in [5.74, 6) is 0.830. The fourth-order valence-electron chi connectivity index (χ4n) is 1.96. The Morgan fingerprint density at radius 1 is 1.47 bits per heavy atom. The largest absolute Gasteiger partial charge is 0.493 e. The van der Waals surface area contributed by atoms with Gasteiger partial charge >= 0.3 is 0 Å². The molecule has 0 aliphatic heterocycles. The molecule has 1 aliphatic carbocycles. The Labute approximate surface area is 89.2 Å². The Bertz CT molecular complexity index is 340. The van der Waals surface area contributed by atoms with Gasteiger partial charge < -0.3 is 10.5 Å². The molecule has 0 amide bonds. The monoisotopic (exact) mass is 209 g/mol. The average Bonchev–Trinajstić information content (AvgIpc) is 2.61. The molecule has 2 N–H and O–H groups in total. The van der Waals surface area contributed by atoms with E-state index in [9.17, 15) is 4.39 Å².